The van der Waals surface area contributed by atoms with Gasteiger partial charge in [-0.1, -0.05) is 66.2 Å². The Morgan fingerprint density at radius 2 is 1.61 bits per heavy atom. The fourth-order valence-corrected chi connectivity index (χ4v) is 3.76. The van der Waals surface area contributed by atoms with Crippen molar-refractivity contribution in [3.8, 4) is 5.75 Å². The molecule has 0 aromatic heterocycles. The van der Waals surface area contributed by atoms with Crippen molar-refractivity contribution in [3.05, 3.63) is 101 Å². The van der Waals surface area contributed by atoms with Crippen LogP contribution in [0.3, 0.4) is 0 Å². The Hall–Kier alpha value is -3.60. The molecule has 5 nitrogen and oxygen atoms in total. The summed E-state index contributed by atoms with van der Waals surface area (Å²) >= 11 is 0. The molecule has 0 unspecified atom stereocenters. The average molecular weight is 445 g/mol. The zero-order valence-electron chi connectivity index (χ0n) is 19.8. The van der Waals surface area contributed by atoms with E-state index in [9.17, 15) is 9.59 Å². The Morgan fingerprint density at radius 1 is 0.879 bits per heavy atom. The number of ether oxygens (including phenoxy) is 1. The molecule has 1 N–H and O–H groups in total. The first-order valence-electron chi connectivity index (χ1n) is 11.2. The second-order valence-electron chi connectivity index (χ2n) is 8.37. The molecule has 0 fully saturated rings. The van der Waals surface area contributed by atoms with Crippen molar-refractivity contribution in [3.63, 3.8) is 0 Å². The maximum absolute atomic E-state index is 13.4. The molecule has 5 heteroatoms. The molecule has 3 rings (SSSR count). The van der Waals surface area contributed by atoms with Gasteiger partial charge in [-0.25, -0.2) is 0 Å². The normalized spacial score (nSPS) is 11.5. The maximum atomic E-state index is 13.4. The molecule has 0 saturated carbocycles. The van der Waals surface area contributed by atoms with Gasteiger partial charge in [0.2, 0.25) is 5.91 Å². The van der Waals surface area contributed by atoms with Crippen LogP contribution in [0.4, 0.5) is 0 Å². The van der Waals surface area contributed by atoms with Gasteiger partial charge < -0.3 is 15.0 Å². The van der Waals surface area contributed by atoms with E-state index in [0.717, 1.165) is 27.8 Å². The van der Waals surface area contributed by atoms with Crippen LogP contribution in [-0.4, -0.2) is 36.4 Å². The summed E-state index contributed by atoms with van der Waals surface area (Å²) in [5, 5.41) is 2.73. The highest BCUT2D eigenvalue weighted by molar-refractivity contribution is 5.88. The minimum atomic E-state index is -0.659. The number of carbonyl (C=O) groups is 2. The van der Waals surface area contributed by atoms with Crippen LogP contribution in [0.15, 0.2) is 72.8 Å². The third-order valence-electron chi connectivity index (χ3n) is 5.79. The van der Waals surface area contributed by atoms with Crippen molar-refractivity contribution < 1.29 is 14.3 Å². The van der Waals surface area contributed by atoms with Gasteiger partial charge in [-0.2, -0.15) is 0 Å². The number of benzene rings is 3. The summed E-state index contributed by atoms with van der Waals surface area (Å²) in [5.74, 6) is 0.201. The number of nitrogens with one attached hydrogen (secondary N) is 1. The van der Waals surface area contributed by atoms with E-state index in [0.29, 0.717) is 18.7 Å². The molecule has 2 amide bonds. The topological polar surface area (TPSA) is 58.6 Å². The predicted octanol–water partition coefficient (Wildman–Crippen LogP) is 4.38. The van der Waals surface area contributed by atoms with Gasteiger partial charge in [-0.3, -0.25) is 9.59 Å². The number of rotatable bonds is 9. The smallest absolute Gasteiger partial charge is 0.261 e. The number of hydrogen-bond acceptors (Lipinski definition) is 3. The molecule has 1 atom stereocenters. The van der Waals surface area contributed by atoms with Gasteiger partial charge in [0.05, 0.1) is 0 Å². The minimum absolute atomic E-state index is 0.142. The number of nitrogens with zero attached hydrogens (tertiary/aromatic N) is 1. The molecule has 0 aliphatic rings. The molecule has 0 aliphatic carbocycles. The summed E-state index contributed by atoms with van der Waals surface area (Å²) in [7, 11) is 1.60. The number of carbonyl (C=O) groups excluding carboxylic acids is 2. The zero-order valence-corrected chi connectivity index (χ0v) is 19.8. The van der Waals surface area contributed by atoms with Crippen LogP contribution >= 0.6 is 0 Å². The Morgan fingerprint density at radius 3 is 2.27 bits per heavy atom. The third kappa shape index (κ3) is 6.69. The lowest BCUT2D eigenvalue weighted by Crippen LogP contribution is -2.51. The molecule has 0 saturated heterocycles. The zero-order chi connectivity index (χ0) is 23.8. The molecule has 3 aromatic rings. The van der Waals surface area contributed by atoms with E-state index in [2.05, 4.69) is 5.32 Å². The molecule has 0 heterocycles. The molecular weight excluding hydrogens is 412 g/mol. The van der Waals surface area contributed by atoms with E-state index in [1.54, 1.807) is 11.9 Å². The Balaban J connectivity index is 1.87. The van der Waals surface area contributed by atoms with Gasteiger partial charge in [0.1, 0.15) is 11.8 Å². The van der Waals surface area contributed by atoms with Crippen LogP contribution in [0, 0.1) is 20.8 Å². The van der Waals surface area contributed by atoms with Crippen LogP contribution < -0.4 is 10.1 Å². The Bertz CT molecular complexity index is 1100. The summed E-state index contributed by atoms with van der Waals surface area (Å²) in [6, 6.07) is 22.8. The minimum Gasteiger partial charge on any atom is -0.484 e. The SMILES string of the molecule is CNC(=O)[C@@H](Cc1ccccc1)N(Cc1cccc(C)c1)C(=O)COc1ccc(C)c(C)c1. The van der Waals surface area contributed by atoms with Gasteiger partial charge in [-0.05, 0) is 55.2 Å². The van der Waals surface area contributed by atoms with Gasteiger partial charge in [0.25, 0.3) is 5.91 Å². The van der Waals surface area contributed by atoms with E-state index in [1.807, 2.05) is 93.6 Å². The van der Waals surface area contributed by atoms with E-state index in [-0.39, 0.29) is 18.4 Å². The number of likely N-dealkylation sites (N-methyl/N-ethyl adjacent to an activating group) is 1. The summed E-state index contributed by atoms with van der Waals surface area (Å²) in [4.78, 5) is 28.0. The van der Waals surface area contributed by atoms with Crippen molar-refractivity contribution in [2.75, 3.05) is 13.7 Å². The monoisotopic (exact) mass is 444 g/mol. The third-order valence-corrected chi connectivity index (χ3v) is 5.79. The van der Waals surface area contributed by atoms with E-state index >= 15 is 0 Å². The fraction of sp³-hybridized carbons (Fsp3) is 0.286. The first-order chi connectivity index (χ1) is 15.9. The molecule has 0 bridgehead atoms. The summed E-state index contributed by atoms with van der Waals surface area (Å²) in [6.07, 6.45) is 0.418. The molecule has 0 radical (unpaired) electrons. The standard InChI is InChI=1S/C28H32N2O3/c1-20-9-8-12-24(15-20)18-30(26(28(32)29-4)17-23-10-6-5-7-11-23)27(31)19-33-25-14-13-21(2)22(3)16-25/h5-16,26H,17-19H2,1-4H3,(H,29,32)/t26-/m1/s1. The number of hydrogen-bond donors (Lipinski definition) is 1. The van der Waals surface area contributed by atoms with Gasteiger partial charge in [0, 0.05) is 20.0 Å². The highest BCUT2D eigenvalue weighted by Crippen LogP contribution is 2.19. The number of amides is 2. The maximum Gasteiger partial charge on any atom is 0.261 e. The number of aryl methyl sites for hydroxylation is 3. The van der Waals surface area contributed by atoms with Gasteiger partial charge in [-0.15, -0.1) is 0 Å². The summed E-state index contributed by atoms with van der Waals surface area (Å²) in [5.41, 5.74) is 5.33. The lowest BCUT2D eigenvalue weighted by Gasteiger charge is -2.31. The van der Waals surface area contributed by atoms with Crippen molar-refractivity contribution >= 4 is 11.8 Å². The molecule has 33 heavy (non-hydrogen) atoms. The van der Waals surface area contributed by atoms with Crippen molar-refractivity contribution in [1.29, 1.82) is 0 Å². The van der Waals surface area contributed by atoms with Crippen LogP contribution in [0.2, 0.25) is 0 Å². The van der Waals surface area contributed by atoms with Crippen LogP contribution in [0.25, 0.3) is 0 Å². The fourth-order valence-electron chi connectivity index (χ4n) is 3.76. The van der Waals surface area contributed by atoms with E-state index in [4.69, 9.17) is 4.74 Å². The highest BCUT2D eigenvalue weighted by Gasteiger charge is 2.30. The molecule has 3 aromatic carbocycles. The van der Waals surface area contributed by atoms with Crippen molar-refractivity contribution in [1.82, 2.24) is 10.2 Å². The molecule has 0 spiro atoms. The summed E-state index contributed by atoms with van der Waals surface area (Å²) in [6.45, 7) is 6.23. The van der Waals surface area contributed by atoms with Crippen molar-refractivity contribution in [2.24, 2.45) is 0 Å². The molecule has 172 valence electrons. The molecule has 0 aliphatic heterocycles. The lowest BCUT2D eigenvalue weighted by molar-refractivity contribution is -0.142. The second kappa shape index (κ2) is 11.3. The van der Waals surface area contributed by atoms with Crippen molar-refractivity contribution in [2.45, 2.75) is 39.8 Å². The first-order valence-corrected chi connectivity index (χ1v) is 11.2. The van der Waals surface area contributed by atoms with Crippen LogP contribution in [-0.2, 0) is 22.6 Å². The second-order valence-corrected chi connectivity index (χ2v) is 8.37. The summed E-state index contributed by atoms with van der Waals surface area (Å²) < 4.78 is 5.84. The Kier molecular flexibility index (Phi) is 8.25. The first kappa shape index (κ1) is 24.1. The van der Waals surface area contributed by atoms with E-state index < -0.39 is 6.04 Å². The quantitative estimate of drug-likeness (QED) is 0.533. The largest absolute Gasteiger partial charge is 0.484 e. The Labute approximate surface area is 196 Å². The lowest BCUT2D eigenvalue weighted by atomic mass is 10.0. The van der Waals surface area contributed by atoms with Crippen LogP contribution in [0.5, 0.6) is 5.75 Å². The van der Waals surface area contributed by atoms with E-state index in [1.165, 1.54) is 0 Å². The highest BCUT2D eigenvalue weighted by atomic mass is 16.5. The predicted molar refractivity (Wildman–Crippen MR) is 131 cm³/mol. The van der Waals surface area contributed by atoms with Gasteiger partial charge >= 0.3 is 0 Å². The van der Waals surface area contributed by atoms with Crippen LogP contribution in [0.1, 0.15) is 27.8 Å². The molecular formula is C28H32N2O3. The van der Waals surface area contributed by atoms with Gasteiger partial charge in [0.15, 0.2) is 6.61 Å². The average Bonchev–Trinajstić information content (AvgIpc) is 2.82.